The zero-order valence-electron chi connectivity index (χ0n) is 11.1. The molecule has 3 nitrogen and oxygen atoms in total. The Morgan fingerprint density at radius 1 is 1.32 bits per heavy atom. The average Bonchev–Trinajstić information content (AvgIpc) is 2.80. The monoisotopic (exact) mass is 294 g/mol. The number of benzene rings is 1. The van der Waals surface area contributed by atoms with Crippen LogP contribution in [0.2, 0.25) is 5.02 Å². The standard InChI is InChI=1S/C13H14BClNO2S/c1-12(2)13(3,4)18-14(17-12)8-5-11-10(6-9(8)15)16-7-19-11/h5-7H,1H2,2-4H3/q+1. The number of thiazole rings is 1. The maximum atomic E-state index is 6.31. The zero-order valence-corrected chi connectivity index (χ0v) is 12.6. The highest BCUT2D eigenvalue weighted by Gasteiger charge is 2.57. The molecule has 19 heavy (non-hydrogen) atoms. The summed E-state index contributed by atoms with van der Waals surface area (Å²) in [5.74, 6) is 0. The molecule has 3 rings (SSSR count). The van der Waals surface area contributed by atoms with Crippen molar-refractivity contribution in [2.75, 3.05) is 0 Å². The van der Waals surface area contributed by atoms with Crippen LogP contribution in [0, 0.1) is 6.92 Å². The van der Waals surface area contributed by atoms with Crippen LogP contribution in [0.4, 0.5) is 0 Å². The largest absolute Gasteiger partial charge is 0.499 e. The Balaban J connectivity index is 2.04. The highest BCUT2D eigenvalue weighted by atomic mass is 35.5. The molecule has 0 radical (unpaired) electrons. The molecule has 6 heteroatoms. The van der Waals surface area contributed by atoms with E-state index < -0.39 is 18.3 Å². The number of aromatic nitrogens is 1. The van der Waals surface area contributed by atoms with Gasteiger partial charge in [0.2, 0.25) is 5.60 Å². The van der Waals surface area contributed by atoms with Crippen LogP contribution in [-0.2, 0) is 9.31 Å². The SMILES string of the molecule is [CH2+]C1(C)OB(c2cc3scnc3cc2Cl)OC1(C)C. The van der Waals surface area contributed by atoms with Gasteiger partial charge in [-0.25, -0.2) is 4.98 Å². The van der Waals surface area contributed by atoms with Gasteiger partial charge in [-0.3, -0.25) is 0 Å². The molecule has 98 valence electrons. The Labute approximate surface area is 122 Å². The summed E-state index contributed by atoms with van der Waals surface area (Å²) in [6, 6.07) is 3.83. The van der Waals surface area contributed by atoms with E-state index in [-0.39, 0.29) is 0 Å². The van der Waals surface area contributed by atoms with Gasteiger partial charge in [0.05, 0.1) is 22.7 Å². The van der Waals surface area contributed by atoms with E-state index in [1.54, 1.807) is 16.8 Å². The number of halogens is 1. The second-order valence-electron chi connectivity index (χ2n) is 5.50. The lowest BCUT2D eigenvalue weighted by molar-refractivity contribution is 0.0262. The fourth-order valence-corrected chi connectivity index (χ4v) is 2.95. The van der Waals surface area contributed by atoms with Crippen LogP contribution in [-0.4, -0.2) is 23.3 Å². The Morgan fingerprint density at radius 3 is 2.68 bits per heavy atom. The van der Waals surface area contributed by atoms with Crippen molar-refractivity contribution in [3.05, 3.63) is 29.6 Å². The normalized spacial score (nSPS) is 26.2. The Kier molecular flexibility index (Phi) is 2.87. The number of fused-ring (bicyclic) bond motifs is 1. The molecule has 0 saturated carbocycles. The zero-order chi connectivity index (χ0) is 13.8. The first-order valence-corrected chi connectivity index (χ1v) is 7.29. The van der Waals surface area contributed by atoms with Gasteiger partial charge in [-0.2, -0.15) is 0 Å². The maximum Gasteiger partial charge on any atom is 0.499 e. The molecule has 1 saturated heterocycles. The molecule has 1 fully saturated rings. The predicted molar refractivity (Wildman–Crippen MR) is 80.0 cm³/mol. The van der Waals surface area contributed by atoms with Crippen molar-refractivity contribution in [1.82, 2.24) is 4.98 Å². The topological polar surface area (TPSA) is 31.4 Å². The van der Waals surface area contributed by atoms with E-state index in [1.165, 1.54) is 0 Å². The van der Waals surface area contributed by atoms with E-state index in [2.05, 4.69) is 11.9 Å². The quantitative estimate of drug-likeness (QED) is 0.598. The molecule has 0 bridgehead atoms. The van der Waals surface area contributed by atoms with Gasteiger partial charge in [0.1, 0.15) is 5.60 Å². The summed E-state index contributed by atoms with van der Waals surface area (Å²) >= 11 is 7.88. The molecule has 1 unspecified atom stereocenters. The molecule has 1 aromatic heterocycles. The van der Waals surface area contributed by atoms with E-state index in [9.17, 15) is 0 Å². The molecule has 1 aliphatic heterocycles. The first kappa shape index (κ1) is 13.2. The van der Waals surface area contributed by atoms with Crippen LogP contribution in [0.15, 0.2) is 17.6 Å². The highest BCUT2D eigenvalue weighted by molar-refractivity contribution is 7.16. The van der Waals surface area contributed by atoms with E-state index in [4.69, 9.17) is 20.9 Å². The fraction of sp³-hybridized carbons (Fsp3) is 0.385. The fourth-order valence-electron chi connectivity index (χ4n) is 2.00. The van der Waals surface area contributed by atoms with Gasteiger partial charge in [-0.1, -0.05) is 11.6 Å². The summed E-state index contributed by atoms with van der Waals surface area (Å²) in [5.41, 5.74) is 2.46. The summed E-state index contributed by atoms with van der Waals surface area (Å²) in [6.07, 6.45) is 0. The van der Waals surface area contributed by atoms with Gasteiger partial charge in [-0.05, 0) is 26.0 Å². The Hall–Kier alpha value is -0.745. The van der Waals surface area contributed by atoms with Gasteiger partial charge >= 0.3 is 7.12 Å². The Morgan fingerprint density at radius 2 is 2.05 bits per heavy atom. The summed E-state index contributed by atoms with van der Waals surface area (Å²) in [4.78, 5) is 4.24. The van der Waals surface area contributed by atoms with Gasteiger partial charge in [0.25, 0.3) is 0 Å². The number of hydrogen-bond donors (Lipinski definition) is 0. The minimum Gasteiger partial charge on any atom is -0.395 e. The molecule has 0 N–H and O–H groups in total. The van der Waals surface area contributed by atoms with Crippen molar-refractivity contribution < 1.29 is 9.31 Å². The van der Waals surface area contributed by atoms with Gasteiger partial charge in [-0.15, -0.1) is 11.3 Å². The summed E-state index contributed by atoms with van der Waals surface area (Å²) in [6.45, 7) is 9.95. The lowest BCUT2D eigenvalue weighted by Crippen LogP contribution is -2.42. The first-order valence-electron chi connectivity index (χ1n) is 6.04. The molecule has 0 aliphatic carbocycles. The number of hydrogen-bond acceptors (Lipinski definition) is 4. The lowest BCUT2D eigenvalue weighted by atomic mass is 9.79. The third kappa shape index (κ3) is 2.05. The van der Waals surface area contributed by atoms with Crippen LogP contribution in [0.1, 0.15) is 20.8 Å². The van der Waals surface area contributed by atoms with Crippen molar-refractivity contribution in [3.8, 4) is 0 Å². The summed E-state index contributed by atoms with van der Waals surface area (Å²) in [5, 5.41) is 0.608. The number of nitrogens with zero attached hydrogens (tertiary/aromatic N) is 1. The minimum absolute atomic E-state index is 0.469. The number of rotatable bonds is 1. The molecular formula is C13H14BClNO2S+. The molecule has 2 aromatic rings. The van der Waals surface area contributed by atoms with Crippen molar-refractivity contribution in [3.63, 3.8) is 0 Å². The van der Waals surface area contributed by atoms with Crippen LogP contribution in [0.3, 0.4) is 0 Å². The second kappa shape index (κ2) is 4.12. The van der Waals surface area contributed by atoms with E-state index in [1.807, 2.05) is 32.9 Å². The molecule has 0 spiro atoms. The predicted octanol–water partition coefficient (Wildman–Crippen LogP) is 3.06. The van der Waals surface area contributed by atoms with Crippen LogP contribution in [0.25, 0.3) is 10.2 Å². The summed E-state index contributed by atoms with van der Waals surface area (Å²) in [7, 11) is -0.489. The van der Waals surface area contributed by atoms with Crippen LogP contribution < -0.4 is 5.46 Å². The van der Waals surface area contributed by atoms with Crippen molar-refractivity contribution >= 4 is 45.7 Å². The van der Waals surface area contributed by atoms with Crippen molar-refractivity contribution in [1.29, 1.82) is 0 Å². The minimum atomic E-state index is -0.607. The van der Waals surface area contributed by atoms with Gasteiger partial charge < -0.3 is 9.31 Å². The third-order valence-electron chi connectivity index (χ3n) is 3.75. The van der Waals surface area contributed by atoms with E-state index in [0.717, 1.165) is 15.7 Å². The van der Waals surface area contributed by atoms with Gasteiger partial charge in [0.15, 0.2) is 0 Å². The average molecular weight is 295 g/mol. The van der Waals surface area contributed by atoms with Crippen molar-refractivity contribution in [2.24, 2.45) is 0 Å². The van der Waals surface area contributed by atoms with Crippen LogP contribution in [0.5, 0.6) is 0 Å². The highest BCUT2D eigenvalue weighted by Crippen LogP contribution is 2.37. The van der Waals surface area contributed by atoms with E-state index >= 15 is 0 Å². The molecular weight excluding hydrogens is 280 g/mol. The molecule has 1 atom stereocenters. The maximum absolute atomic E-state index is 6.31. The Bertz CT molecular complexity index is 625. The third-order valence-corrected chi connectivity index (χ3v) is 4.87. The van der Waals surface area contributed by atoms with Gasteiger partial charge in [0, 0.05) is 17.4 Å². The molecule has 1 aromatic carbocycles. The van der Waals surface area contributed by atoms with Crippen LogP contribution >= 0.6 is 22.9 Å². The van der Waals surface area contributed by atoms with Crippen molar-refractivity contribution in [2.45, 2.75) is 32.0 Å². The second-order valence-corrected chi connectivity index (χ2v) is 6.80. The smallest absolute Gasteiger partial charge is 0.395 e. The first-order chi connectivity index (χ1) is 8.80. The lowest BCUT2D eigenvalue weighted by Gasteiger charge is -2.25. The molecule has 0 amide bonds. The molecule has 2 heterocycles. The summed E-state index contributed by atoms with van der Waals surface area (Å²) < 4.78 is 13.0. The van der Waals surface area contributed by atoms with E-state index in [0.29, 0.717) is 5.02 Å². The molecule has 1 aliphatic rings.